The first kappa shape index (κ1) is 15.4. The molecule has 1 N–H and O–H groups in total. The highest BCUT2D eigenvalue weighted by molar-refractivity contribution is 5.23. The molecular formula is C17H25F2N. The van der Waals surface area contributed by atoms with Crippen LogP contribution in [0, 0.1) is 17.6 Å². The van der Waals surface area contributed by atoms with Crippen molar-refractivity contribution in [3.8, 4) is 0 Å². The van der Waals surface area contributed by atoms with Crippen LogP contribution in [0.3, 0.4) is 0 Å². The normalized spacial score (nSPS) is 23.9. The lowest BCUT2D eigenvalue weighted by Crippen LogP contribution is -2.31. The van der Waals surface area contributed by atoms with E-state index in [1.807, 2.05) is 0 Å². The van der Waals surface area contributed by atoms with Gasteiger partial charge >= 0.3 is 0 Å². The Bertz CT molecular complexity index is 411. The fourth-order valence-corrected chi connectivity index (χ4v) is 3.24. The highest BCUT2D eigenvalue weighted by atomic mass is 19.1. The van der Waals surface area contributed by atoms with E-state index in [1.54, 1.807) is 0 Å². The molecule has 0 aliphatic heterocycles. The summed E-state index contributed by atoms with van der Waals surface area (Å²) < 4.78 is 26.9. The molecule has 20 heavy (non-hydrogen) atoms. The van der Waals surface area contributed by atoms with Gasteiger partial charge in [-0.2, -0.15) is 0 Å². The summed E-state index contributed by atoms with van der Waals surface area (Å²) in [5.74, 6) is -0.172. The molecule has 2 rings (SSSR count). The summed E-state index contributed by atoms with van der Waals surface area (Å²) in [7, 11) is 0. The molecule has 2 unspecified atom stereocenters. The Morgan fingerprint density at radius 2 is 1.70 bits per heavy atom. The summed E-state index contributed by atoms with van der Waals surface area (Å²) in [6, 6.07) is 4.44. The molecule has 1 aromatic carbocycles. The number of hydrogen-bond acceptors (Lipinski definition) is 1. The Morgan fingerprint density at radius 1 is 1.05 bits per heavy atom. The second-order valence-electron chi connectivity index (χ2n) is 6.27. The van der Waals surface area contributed by atoms with Gasteiger partial charge in [-0.3, -0.25) is 0 Å². The first-order chi connectivity index (χ1) is 9.56. The van der Waals surface area contributed by atoms with Crippen LogP contribution in [0.1, 0.15) is 57.4 Å². The predicted molar refractivity (Wildman–Crippen MR) is 78.8 cm³/mol. The Kier molecular flexibility index (Phi) is 5.53. The minimum atomic E-state index is -0.459. The van der Waals surface area contributed by atoms with Crippen LogP contribution < -0.4 is 5.32 Å². The van der Waals surface area contributed by atoms with Gasteiger partial charge in [-0.1, -0.05) is 33.1 Å². The average Bonchev–Trinajstić information content (AvgIpc) is 2.60. The van der Waals surface area contributed by atoms with Gasteiger partial charge in [0.25, 0.3) is 0 Å². The number of rotatable bonds is 4. The van der Waals surface area contributed by atoms with Gasteiger partial charge in [-0.25, -0.2) is 8.78 Å². The van der Waals surface area contributed by atoms with E-state index in [1.165, 1.54) is 25.0 Å². The van der Waals surface area contributed by atoms with Gasteiger partial charge in [0.1, 0.15) is 11.6 Å². The Labute approximate surface area is 120 Å². The zero-order valence-corrected chi connectivity index (χ0v) is 12.5. The van der Waals surface area contributed by atoms with Crippen LogP contribution in [0.25, 0.3) is 0 Å². The van der Waals surface area contributed by atoms with Gasteiger partial charge < -0.3 is 5.32 Å². The molecule has 3 heteroatoms. The lowest BCUT2D eigenvalue weighted by atomic mass is 9.82. The van der Waals surface area contributed by atoms with E-state index >= 15 is 0 Å². The lowest BCUT2D eigenvalue weighted by molar-refractivity contribution is 0.361. The van der Waals surface area contributed by atoms with Crippen molar-refractivity contribution in [3.05, 3.63) is 35.4 Å². The van der Waals surface area contributed by atoms with Crippen molar-refractivity contribution < 1.29 is 8.78 Å². The van der Waals surface area contributed by atoms with Crippen LogP contribution in [0.15, 0.2) is 18.2 Å². The molecule has 1 aliphatic carbocycles. The van der Waals surface area contributed by atoms with E-state index in [-0.39, 0.29) is 5.92 Å². The van der Waals surface area contributed by atoms with Crippen molar-refractivity contribution in [2.24, 2.45) is 5.92 Å². The van der Waals surface area contributed by atoms with Crippen LogP contribution >= 0.6 is 0 Å². The van der Waals surface area contributed by atoms with Crippen molar-refractivity contribution in [2.75, 3.05) is 6.54 Å². The summed E-state index contributed by atoms with van der Waals surface area (Å²) >= 11 is 0. The van der Waals surface area contributed by atoms with E-state index in [9.17, 15) is 8.78 Å². The van der Waals surface area contributed by atoms with Crippen molar-refractivity contribution in [2.45, 2.75) is 57.9 Å². The predicted octanol–water partition coefficient (Wildman–Crippen LogP) is 4.63. The van der Waals surface area contributed by atoms with Gasteiger partial charge in [0.15, 0.2) is 0 Å². The first-order valence-corrected chi connectivity index (χ1v) is 7.75. The third kappa shape index (κ3) is 4.27. The molecule has 0 amide bonds. The highest BCUT2D eigenvalue weighted by Gasteiger charge is 2.25. The van der Waals surface area contributed by atoms with E-state index in [0.717, 1.165) is 37.4 Å². The molecule has 1 fully saturated rings. The lowest BCUT2D eigenvalue weighted by Gasteiger charge is -2.27. The van der Waals surface area contributed by atoms with Crippen LogP contribution in [0.5, 0.6) is 0 Å². The number of halogens is 2. The first-order valence-electron chi connectivity index (χ1n) is 7.75. The van der Waals surface area contributed by atoms with E-state index in [2.05, 4.69) is 19.2 Å². The van der Waals surface area contributed by atoms with Crippen LogP contribution in [0.4, 0.5) is 8.78 Å². The van der Waals surface area contributed by atoms with Crippen LogP contribution in [-0.2, 0) is 0 Å². The average molecular weight is 281 g/mol. The third-order valence-corrected chi connectivity index (χ3v) is 4.26. The zero-order chi connectivity index (χ0) is 14.5. The smallest absolute Gasteiger partial charge is 0.126 e. The topological polar surface area (TPSA) is 12.0 Å². The SMILES string of the molecule is CC(C)NCC1CCCCCC1c1cc(F)cc(F)c1. The second-order valence-corrected chi connectivity index (χ2v) is 6.27. The van der Waals surface area contributed by atoms with Gasteiger partial charge in [-0.05, 0) is 48.9 Å². The summed E-state index contributed by atoms with van der Waals surface area (Å²) in [6.45, 7) is 5.20. The molecular weight excluding hydrogens is 256 g/mol. The standard InChI is InChI=1S/C17H25F2N/c1-12(2)20-11-13-6-4-3-5-7-17(13)14-8-15(18)10-16(19)9-14/h8-10,12-13,17,20H,3-7,11H2,1-2H3. The van der Waals surface area contributed by atoms with Gasteiger partial charge in [0, 0.05) is 12.1 Å². The van der Waals surface area contributed by atoms with Crippen molar-refractivity contribution >= 4 is 0 Å². The van der Waals surface area contributed by atoms with Crippen molar-refractivity contribution in [1.82, 2.24) is 5.32 Å². The number of hydrogen-bond donors (Lipinski definition) is 1. The molecule has 1 nitrogen and oxygen atoms in total. The Balaban J connectivity index is 2.18. The molecule has 112 valence electrons. The molecule has 1 aliphatic rings. The summed E-state index contributed by atoms with van der Waals surface area (Å²) in [5, 5.41) is 3.48. The summed E-state index contributed by atoms with van der Waals surface area (Å²) in [5.41, 5.74) is 0.833. The third-order valence-electron chi connectivity index (χ3n) is 4.26. The largest absolute Gasteiger partial charge is 0.314 e. The molecule has 1 saturated carbocycles. The maximum Gasteiger partial charge on any atom is 0.126 e. The summed E-state index contributed by atoms with van der Waals surface area (Å²) in [4.78, 5) is 0. The van der Waals surface area contributed by atoms with Crippen molar-refractivity contribution in [3.63, 3.8) is 0 Å². The maximum absolute atomic E-state index is 13.5. The minimum absolute atomic E-state index is 0.272. The van der Waals surface area contributed by atoms with E-state index < -0.39 is 11.6 Å². The fraction of sp³-hybridized carbons (Fsp3) is 0.647. The molecule has 0 spiro atoms. The zero-order valence-electron chi connectivity index (χ0n) is 12.5. The van der Waals surface area contributed by atoms with E-state index in [4.69, 9.17) is 0 Å². The molecule has 0 radical (unpaired) electrons. The van der Waals surface area contributed by atoms with Gasteiger partial charge in [0.2, 0.25) is 0 Å². The minimum Gasteiger partial charge on any atom is -0.314 e. The highest BCUT2D eigenvalue weighted by Crippen LogP contribution is 2.36. The Morgan fingerprint density at radius 3 is 2.35 bits per heavy atom. The van der Waals surface area contributed by atoms with Crippen LogP contribution in [-0.4, -0.2) is 12.6 Å². The molecule has 0 aromatic heterocycles. The quantitative estimate of drug-likeness (QED) is 0.794. The van der Waals surface area contributed by atoms with E-state index in [0.29, 0.717) is 12.0 Å². The number of benzene rings is 1. The fourth-order valence-electron chi connectivity index (χ4n) is 3.24. The van der Waals surface area contributed by atoms with Gasteiger partial charge in [0.05, 0.1) is 0 Å². The molecule has 2 atom stereocenters. The number of nitrogens with one attached hydrogen (secondary N) is 1. The monoisotopic (exact) mass is 281 g/mol. The second kappa shape index (κ2) is 7.16. The van der Waals surface area contributed by atoms with Gasteiger partial charge in [-0.15, -0.1) is 0 Å². The van der Waals surface area contributed by atoms with Crippen molar-refractivity contribution in [1.29, 1.82) is 0 Å². The molecule has 0 heterocycles. The summed E-state index contributed by atoms with van der Waals surface area (Å²) in [6.07, 6.45) is 5.78. The Hall–Kier alpha value is -0.960. The molecule has 0 bridgehead atoms. The molecule has 0 saturated heterocycles. The molecule has 1 aromatic rings. The maximum atomic E-state index is 13.5. The van der Waals surface area contributed by atoms with Crippen LogP contribution in [0.2, 0.25) is 0 Å².